The van der Waals surface area contributed by atoms with Crippen LogP contribution >= 0.6 is 55.1 Å². The summed E-state index contributed by atoms with van der Waals surface area (Å²) in [6.45, 7) is 0.337. The van der Waals surface area contributed by atoms with Crippen molar-refractivity contribution in [3.63, 3.8) is 0 Å². The maximum atomic E-state index is 9.93. The second-order valence-electron chi connectivity index (χ2n) is 6.46. The molecule has 32 heavy (non-hydrogen) atoms. The molecular weight excluding hydrogens is 595 g/mol. The summed E-state index contributed by atoms with van der Waals surface area (Å²) in [4.78, 5) is 2.63. The minimum absolute atomic E-state index is 0.0697. The molecule has 4 unspecified atom stereocenters. The number of aliphatic hydroxyl groups is 3. The van der Waals surface area contributed by atoms with Gasteiger partial charge in [0.15, 0.2) is 0 Å². The summed E-state index contributed by atoms with van der Waals surface area (Å²) >= 11 is 18.5. The zero-order valence-corrected chi connectivity index (χ0v) is 21.3. The lowest BCUT2D eigenvalue weighted by atomic mass is 10.1. The summed E-state index contributed by atoms with van der Waals surface area (Å²) in [6, 6.07) is 6.94. The van der Waals surface area contributed by atoms with Crippen molar-refractivity contribution in [3.8, 4) is 11.5 Å². The van der Waals surface area contributed by atoms with E-state index in [1.165, 1.54) is 0 Å². The molecule has 0 amide bonds. The largest absolute Gasteiger partial charge is 0.485 e. The van der Waals surface area contributed by atoms with Crippen molar-refractivity contribution in [2.24, 2.45) is 10.8 Å². The predicted molar refractivity (Wildman–Crippen MR) is 128 cm³/mol. The smallest absolute Gasteiger partial charge is 0.144 e. The number of nitrogens with two attached hydrogens (primary N) is 1. The van der Waals surface area contributed by atoms with Crippen molar-refractivity contribution in [3.05, 3.63) is 64.8 Å². The van der Waals surface area contributed by atoms with E-state index in [0.717, 1.165) is 16.1 Å². The maximum absolute atomic E-state index is 9.93. The summed E-state index contributed by atoms with van der Waals surface area (Å²) in [7, 11) is 1.00. The van der Waals surface area contributed by atoms with Crippen molar-refractivity contribution in [2.75, 3.05) is 20.2 Å². The van der Waals surface area contributed by atoms with Gasteiger partial charge in [0.2, 0.25) is 0 Å². The van der Waals surface area contributed by atoms with Crippen LogP contribution in [-0.2, 0) is 0 Å². The van der Waals surface area contributed by atoms with E-state index >= 15 is 0 Å². The molecule has 0 saturated carbocycles. The number of hydrogen-bond acceptors (Lipinski definition) is 7. The molecule has 2 heterocycles. The Morgan fingerprint density at radius 3 is 1.84 bits per heavy atom. The fourth-order valence-electron chi connectivity index (χ4n) is 3.11. The van der Waals surface area contributed by atoms with Crippen LogP contribution in [-0.4, -0.2) is 47.7 Å². The molecule has 5 N–H and O–H groups in total. The first-order valence-corrected chi connectivity index (χ1v) is 11.4. The van der Waals surface area contributed by atoms with E-state index in [1.807, 2.05) is 0 Å². The fourth-order valence-corrected chi connectivity index (χ4v) is 4.87. The van der Waals surface area contributed by atoms with Gasteiger partial charge < -0.3 is 30.5 Å². The van der Waals surface area contributed by atoms with Crippen LogP contribution in [0.4, 0.5) is 0 Å². The molecule has 4 rings (SSSR count). The first kappa shape index (κ1) is 27.0. The maximum Gasteiger partial charge on any atom is 0.144 e. The molecule has 0 bridgehead atoms. The number of fused-ring (bicyclic) bond motifs is 2. The molecule has 13 heteroatoms. The highest BCUT2D eigenvalue weighted by Crippen LogP contribution is 2.44. The Morgan fingerprint density at radius 1 is 0.969 bits per heavy atom. The third-order valence-corrected chi connectivity index (χ3v) is 5.99. The molecule has 9 nitrogen and oxygen atoms in total. The Bertz CT molecular complexity index is 1010. The molecule has 2 aromatic carbocycles. The Hall–Kier alpha value is -1.27. The Labute approximate surface area is 210 Å². The van der Waals surface area contributed by atoms with Crippen LogP contribution in [0.2, 0.25) is 10.0 Å². The van der Waals surface area contributed by atoms with Crippen LogP contribution in [0.5, 0.6) is 11.5 Å². The fraction of sp³-hybridized carbons (Fsp3) is 0.368. The number of nitrogens with zero attached hydrogens (tertiary/aromatic N) is 3. The first-order valence-electron chi connectivity index (χ1n) is 9.09. The van der Waals surface area contributed by atoms with Crippen LogP contribution in [0.1, 0.15) is 23.3 Å². The molecule has 0 radical (unpaired) electrons. The Morgan fingerprint density at radius 2 is 1.41 bits per heavy atom. The van der Waals surface area contributed by atoms with Gasteiger partial charge in [0.1, 0.15) is 35.9 Å². The number of hydrogen-bond donors (Lipinski definition) is 4. The monoisotopic (exact) mass is 612 g/mol. The van der Waals surface area contributed by atoms with E-state index in [0.29, 0.717) is 32.7 Å². The summed E-state index contributed by atoms with van der Waals surface area (Å²) in [5, 5.41) is 31.0. The predicted octanol–water partition coefficient (Wildman–Crippen LogP) is 4.67. The average Bonchev–Trinajstić information content (AvgIpc) is 3.26. The minimum atomic E-state index is -0.824. The average molecular weight is 615 g/mol. The van der Waals surface area contributed by atoms with Gasteiger partial charge >= 0.3 is 0 Å². The number of aliphatic hydroxyl groups excluding tert-OH is 3. The number of azide groups is 1. The van der Waals surface area contributed by atoms with E-state index in [-0.39, 0.29) is 13.1 Å². The van der Waals surface area contributed by atoms with Crippen LogP contribution in [0.15, 0.2) is 38.3 Å². The highest BCUT2D eigenvalue weighted by Gasteiger charge is 2.35. The topological polar surface area (TPSA) is 154 Å². The summed E-state index contributed by atoms with van der Waals surface area (Å²) < 4.78 is 12.5. The van der Waals surface area contributed by atoms with Gasteiger partial charge in [0.05, 0.1) is 16.6 Å². The molecule has 0 fully saturated rings. The molecule has 2 aliphatic rings. The van der Waals surface area contributed by atoms with Crippen LogP contribution < -0.4 is 15.2 Å². The summed E-state index contributed by atoms with van der Waals surface area (Å²) in [5.41, 5.74) is 15.0. The van der Waals surface area contributed by atoms with Gasteiger partial charge in [-0.25, -0.2) is 0 Å². The van der Waals surface area contributed by atoms with Crippen LogP contribution in [0.25, 0.3) is 10.4 Å². The standard InChI is InChI=1S/C9H7BrClN3O2.C9H9BrClNO2.CH4O/c10-4-1-5-8(15)7(3-13-14-12)16-9(5)6(11)2-4;10-4-1-5-8(13)7(3-12)14-9(5)6(11)2-4;1-2/h1-2,7-8,15H,3H2;1-2,7-8,13H,3,12H2;2H,1H3. The molecule has 4 atom stereocenters. The molecule has 174 valence electrons. The van der Waals surface area contributed by atoms with E-state index in [2.05, 4.69) is 41.9 Å². The quantitative estimate of drug-likeness (QED) is 0.224. The summed E-state index contributed by atoms with van der Waals surface area (Å²) in [6.07, 6.45) is -2.48. The van der Waals surface area contributed by atoms with Crippen LogP contribution in [0, 0.1) is 0 Å². The molecule has 2 aliphatic heterocycles. The summed E-state index contributed by atoms with van der Waals surface area (Å²) in [5.74, 6) is 0.994. The third kappa shape index (κ3) is 5.99. The zero-order valence-electron chi connectivity index (χ0n) is 16.6. The van der Waals surface area contributed by atoms with Crippen molar-refractivity contribution in [1.29, 1.82) is 0 Å². The zero-order chi connectivity index (χ0) is 24.0. The lowest BCUT2D eigenvalue weighted by molar-refractivity contribution is 0.0732. The van der Waals surface area contributed by atoms with Gasteiger partial charge in [-0.15, -0.1) is 0 Å². The Balaban J connectivity index is 0.000000212. The highest BCUT2D eigenvalue weighted by molar-refractivity contribution is 9.10. The van der Waals surface area contributed by atoms with Crippen LogP contribution in [0.3, 0.4) is 0 Å². The second kappa shape index (κ2) is 12.3. The molecular formula is C19H20Br2Cl2N4O5. The van der Waals surface area contributed by atoms with Gasteiger partial charge in [-0.1, -0.05) is 60.2 Å². The second-order valence-corrected chi connectivity index (χ2v) is 9.11. The van der Waals surface area contributed by atoms with Gasteiger partial charge in [-0.05, 0) is 29.8 Å². The van der Waals surface area contributed by atoms with E-state index in [4.69, 9.17) is 49.0 Å². The van der Waals surface area contributed by atoms with Gasteiger partial charge in [0.25, 0.3) is 0 Å². The van der Waals surface area contributed by atoms with Gasteiger partial charge in [-0.2, -0.15) is 0 Å². The first-order chi connectivity index (χ1) is 15.3. The van der Waals surface area contributed by atoms with Crippen molar-refractivity contribution < 1.29 is 24.8 Å². The Kier molecular flexibility index (Phi) is 10.3. The molecule has 2 aromatic rings. The molecule has 0 saturated heterocycles. The normalized spacial score (nSPS) is 22.0. The van der Waals surface area contributed by atoms with E-state index in [1.54, 1.807) is 24.3 Å². The number of rotatable bonds is 3. The molecule has 0 aliphatic carbocycles. The van der Waals surface area contributed by atoms with Crippen molar-refractivity contribution in [1.82, 2.24) is 0 Å². The highest BCUT2D eigenvalue weighted by atomic mass is 79.9. The van der Waals surface area contributed by atoms with E-state index in [9.17, 15) is 10.2 Å². The lowest BCUT2D eigenvalue weighted by Crippen LogP contribution is -2.28. The van der Waals surface area contributed by atoms with Crippen molar-refractivity contribution in [2.45, 2.75) is 24.4 Å². The SMILES string of the molecule is CO.NCC1Oc2c(Cl)cc(Br)cc2C1O.[N-]=[N+]=NCC1Oc2c(Cl)cc(Br)cc2C1O. The van der Waals surface area contributed by atoms with Gasteiger partial charge in [-0.3, -0.25) is 0 Å². The minimum Gasteiger partial charge on any atom is -0.485 e. The molecule has 0 aromatic heterocycles. The van der Waals surface area contributed by atoms with Crippen molar-refractivity contribution >= 4 is 55.1 Å². The number of benzene rings is 2. The molecule has 0 spiro atoms. The number of halogens is 4. The lowest BCUT2D eigenvalue weighted by Gasteiger charge is -2.10. The number of ether oxygens (including phenoxy) is 2. The van der Waals surface area contributed by atoms with E-state index < -0.39 is 24.4 Å². The third-order valence-electron chi connectivity index (χ3n) is 4.51. The van der Waals surface area contributed by atoms with Gasteiger partial charge in [0, 0.05) is 38.6 Å².